The van der Waals surface area contributed by atoms with E-state index < -0.39 is 6.04 Å². The molecule has 0 aliphatic rings. The van der Waals surface area contributed by atoms with E-state index in [0.29, 0.717) is 23.1 Å². The molecular weight excluding hydrogens is 383 g/mol. The summed E-state index contributed by atoms with van der Waals surface area (Å²) in [5, 5.41) is 4.10. The summed E-state index contributed by atoms with van der Waals surface area (Å²) in [4.78, 5) is 27.0. The Hall–Kier alpha value is -2.04. The van der Waals surface area contributed by atoms with E-state index in [1.54, 1.807) is 30.0 Å². The largest absolute Gasteiger partial charge is 0.350 e. The summed E-state index contributed by atoms with van der Waals surface area (Å²) < 4.78 is 0. The predicted molar refractivity (Wildman–Crippen MR) is 110 cm³/mol. The van der Waals surface area contributed by atoms with Gasteiger partial charge >= 0.3 is 0 Å². The highest BCUT2D eigenvalue weighted by molar-refractivity contribution is 6.31. The molecule has 1 N–H and O–H groups in total. The van der Waals surface area contributed by atoms with E-state index in [4.69, 9.17) is 23.2 Å². The topological polar surface area (TPSA) is 49.4 Å². The highest BCUT2D eigenvalue weighted by Crippen LogP contribution is 2.17. The minimum Gasteiger partial charge on any atom is -0.350 e. The molecule has 0 fully saturated rings. The van der Waals surface area contributed by atoms with Crippen molar-refractivity contribution in [1.29, 1.82) is 0 Å². The van der Waals surface area contributed by atoms with Crippen LogP contribution in [-0.2, 0) is 22.7 Å². The maximum atomic E-state index is 12.7. The van der Waals surface area contributed by atoms with Crippen molar-refractivity contribution in [2.75, 3.05) is 0 Å². The molecule has 6 heteroatoms. The molecule has 0 saturated heterocycles. The third-order valence-corrected chi connectivity index (χ3v) is 4.92. The quantitative estimate of drug-likeness (QED) is 0.725. The number of nitrogens with one attached hydrogen (secondary N) is 1. The second-order valence-corrected chi connectivity index (χ2v) is 7.58. The fourth-order valence-electron chi connectivity index (χ4n) is 2.64. The van der Waals surface area contributed by atoms with Gasteiger partial charge in [-0.3, -0.25) is 9.59 Å². The third-order valence-electron chi connectivity index (χ3n) is 4.30. The first kappa shape index (κ1) is 21.3. The Balaban J connectivity index is 2.10. The van der Waals surface area contributed by atoms with E-state index in [1.165, 1.54) is 0 Å². The Morgan fingerprint density at radius 2 is 1.63 bits per heavy atom. The molecule has 27 heavy (non-hydrogen) atoms. The second-order valence-electron chi connectivity index (χ2n) is 6.73. The first-order valence-electron chi connectivity index (χ1n) is 8.85. The molecule has 2 amide bonds. The van der Waals surface area contributed by atoms with Gasteiger partial charge in [-0.15, -0.1) is 0 Å². The van der Waals surface area contributed by atoms with Crippen LogP contribution >= 0.6 is 23.2 Å². The molecule has 0 saturated carbocycles. The fraction of sp³-hybridized carbons (Fsp3) is 0.333. The molecule has 4 nitrogen and oxygen atoms in total. The van der Waals surface area contributed by atoms with Crippen molar-refractivity contribution < 1.29 is 9.59 Å². The van der Waals surface area contributed by atoms with Gasteiger partial charge in [0.05, 0.1) is 0 Å². The number of carbonyl (C=O) groups is 2. The van der Waals surface area contributed by atoms with Crippen LogP contribution in [0.25, 0.3) is 0 Å². The Kier molecular flexibility index (Phi) is 7.69. The minimum absolute atomic E-state index is 0.0784. The van der Waals surface area contributed by atoms with Crippen LogP contribution in [0.1, 0.15) is 31.9 Å². The van der Waals surface area contributed by atoms with E-state index in [2.05, 4.69) is 5.32 Å². The van der Waals surface area contributed by atoms with Crippen LogP contribution in [0.4, 0.5) is 0 Å². The number of nitrogens with zero attached hydrogens (tertiary/aromatic N) is 1. The van der Waals surface area contributed by atoms with Crippen LogP contribution in [0.2, 0.25) is 10.0 Å². The SMILES string of the molecule is CC(C)C(=O)N(Cc1ccc(Cl)cc1)[C@H](C)C(=O)NCc1ccccc1Cl. The maximum absolute atomic E-state index is 12.7. The van der Waals surface area contributed by atoms with Gasteiger partial charge in [-0.25, -0.2) is 0 Å². The van der Waals surface area contributed by atoms with E-state index >= 15 is 0 Å². The van der Waals surface area contributed by atoms with Gasteiger partial charge in [0.25, 0.3) is 0 Å². The second kappa shape index (κ2) is 9.77. The fourth-order valence-corrected chi connectivity index (χ4v) is 2.97. The average Bonchev–Trinajstić information content (AvgIpc) is 2.65. The van der Waals surface area contributed by atoms with Gasteiger partial charge in [-0.1, -0.05) is 67.4 Å². The number of carbonyl (C=O) groups excluding carboxylic acids is 2. The number of benzene rings is 2. The predicted octanol–water partition coefficient (Wildman–Crippen LogP) is 4.68. The number of rotatable bonds is 7. The van der Waals surface area contributed by atoms with Crippen molar-refractivity contribution in [1.82, 2.24) is 10.2 Å². The zero-order valence-corrected chi connectivity index (χ0v) is 17.2. The molecule has 0 aromatic heterocycles. The zero-order chi connectivity index (χ0) is 20.0. The molecule has 2 aromatic carbocycles. The number of hydrogen-bond donors (Lipinski definition) is 1. The molecule has 2 aromatic rings. The molecule has 0 bridgehead atoms. The summed E-state index contributed by atoms with van der Waals surface area (Å²) in [5.74, 6) is -0.514. The van der Waals surface area contributed by atoms with Crippen LogP contribution in [-0.4, -0.2) is 22.8 Å². The van der Waals surface area contributed by atoms with Gasteiger partial charge in [0, 0.05) is 29.1 Å². The summed E-state index contributed by atoms with van der Waals surface area (Å²) in [5.41, 5.74) is 1.75. The first-order valence-corrected chi connectivity index (χ1v) is 9.61. The molecule has 0 radical (unpaired) electrons. The van der Waals surface area contributed by atoms with Gasteiger partial charge in [-0.05, 0) is 36.2 Å². The summed E-state index contributed by atoms with van der Waals surface area (Å²) in [6.07, 6.45) is 0. The number of amides is 2. The van der Waals surface area contributed by atoms with E-state index in [1.807, 2.05) is 44.2 Å². The van der Waals surface area contributed by atoms with Crippen LogP contribution in [0.3, 0.4) is 0 Å². The van der Waals surface area contributed by atoms with Crippen LogP contribution in [0.15, 0.2) is 48.5 Å². The van der Waals surface area contributed by atoms with Crippen molar-refractivity contribution in [2.24, 2.45) is 5.92 Å². The van der Waals surface area contributed by atoms with Crippen LogP contribution in [0.5, 0.6) is 0 Å². The molecule has 0 unspecified atom stereocenters. The molecule has 0 spiro atoms. The molecule has 1 atom stereocenters. The molecule has 144 valence electrons. The molecule has 0 aliphatic carbocycles. The molecule has 0 heterocycles. The summed E-state index contributed by atoms with van der Waals surface area (Å²) in [6, 6.07) is 14.0. The van der Waals surface area contributed by atoms with Gasteiger partial charge in [0.15, 0.2) is 0 Å². The van der Waals surface area contributed by atoms with Crippen molar-refractivity contribution in [3.8, 4) is 0 Å². The average molecular weight is 407 g/mol. The van der Waals surface area contributed by atoms with E-state index in [0.717, 1.165) is 11.1 Å². The van der Waals surface area contributed by atoms with Crippen LogP contribution < -0.4 is 5.32 Å². The highest BCUT2D eigenvalue weighted by atomic mass is 35.5. The Morgan fingerprint density at radius 3 is 2.22 bits per heavy atom. The lowest BCUT2D eigenvalue weighted by Gasteiger charge is -2.30. The molecule has 2 rings (SSSR count). The summed E-state index contributed by atoms with van der Waals surface area (Å²) in [6.45, 7) is 6.04. The van der Waals surface area contributed by atoms with Crippen molar-refractivity contribution in [2.45, 2.75) is 39.9 Å². The Bertz CT molecular complexity index is 791. The normalized spacial score (nSPS) is 11.9. The lowest BCUT2D eigenvalue weighted by Crippen LogP contribution is -2.48. The van der Waals surface area contributed by atoms with Crippen molar-refractivity contribution >= 4 is 35.0 Å². The monoisotopic (exact) mass is 406 g/mol. The molecular formula is C21H24Cl2N2O2. The number of hydrogen-bond acceptors (Lipinski definition) is 2. The lowest BCUT2D eigenvalue weighted by molar-refractivity contribution is -0.143. The van der Waals surface area contributed by atoms with Gasteiger partial charge in [-0.2, -0.15) is 0 Å². The summed E-state index contributed by atoms with van der Waals surface area (Å²) >= 11 is 12.1. The standard InChI is InChI=1S/C21H24Cl2N2O2/c1-14(2)21(27)25(13-16-8-10-18(22)11-9-16)15(3)20(26)24-12-17-6-4-5-7-19(17)23/h4-11,14-15H,12-13H2,1-3H3,(H,24,26)/t15-/m1/s1. The molecule has 0 aliphatic heterocycles. The van der Waals surface area contributed by atoms with E-state index in [-0.39, 0.29) is 17.7 Å². The van der Waals surface area contributed by atoms with Crippen LogP contribution in [0, 0.1) is 5.92 Å². The summed E-state index contributed by atoms with van der Waals surface area (Å²) in [7, 11) is 0. The van der Waals surface area contributed by atoms with Gasteiger partial charge < -0.3 is 10.2 Å². The maximum Gasteiger partial charge on any atom is 0.242 e. The van der Waals surface area contributed by atoms with E-state index in [9.17, 15) is 9.59 Å². The number of halogens is 2. The minimum atomic E-state index is -0.613. The lowest BCUT2D eigenvalue weighted by atomic mass is 10.1. The van der Waals surface area contributed by atoms with Crippen molar-refractivity contribution in [3.63, 3.8) is 0 Å². The smallest absolute Gasteiger partial charge is 0.242 e. The van der Waals surface area contributed by atoms with Gasteiger partial charge in [0.1, 0.15) is 6.04 Å². The van der Waals surface area contributed by atoms with Crippen molar-refractivity contribution in [3.05, 3.63) is 69.7 Å². The Morgan fingerprint density at radius 1 is 1.00 bits per heavy atom. The zero-order valence-electron chi connectivity index (χ0n) is 15.7. The first-order chi connectivity index (χ1) is 12.8. The third kappa shape index (κ3) is 5.98. The van der Waals surface area contributed by atoms with Gasteiger partial charge in [0.2, 0.25) is 11.8 Å². The highest BCUT2D eigenvalue weighted by Gasteiger charge is 2.27. The Labute approximate surface area is 170 Å².